The quantitative estimate of drug-likeness (QED) is 0.541. The van der Waals surface area contributed by atoms with Crippen molar-refractivity contribution in [3.05, 3.63) is 29.8 Å². The van der Waals surface area contributed by atoms with Crippen LogP contribution in [0.4, 0.5) is 0 Å². The van der Waals surface area contributed by atoms with E-state index in [1.165, 1.54) is 0 Å². The second kappa shape index (κ2) is 3.72. The third-order valence-corrected chi connectivity index (χ3v) is 5.18. The molecule has 1 aromatic carbocycles. The lowest BCUT2D eigenvalue weighted by Crippen LogP contribution is -2.46. The first-order chi connectivity index (χ1) is 7.75. The number of hydrogen-bond donors (Lipinski definition) is 0. The number of rotatable bonds is 0. The van der Waals surface area contributed by atoms with Gasteiger partial charge in [-0.25, -0.2) is 0 Å². The number of fused-ring (bicyclic) bond motifs is 2. The Hall–Kier alpha value is -0.580. The predicted octanol–water partition coefficient (Wildman–Crippen LogP) is 2.87. The van der Waals surface area contributed by atoms with Crippen molar-refractivity contribution in [2.24, 2.45) is 0 Å². The van der Waals surface area contributed by atoms with Gasteiger partial charge in [0.2, 0.25) is 0 Å². The largest absolute Gasteiger partial charge is 0.492 e. The van der Waals surface area contributed by atoms with Gasteiger partial charge in [-0.05, 0) is 18.9 Å². The molecule has 1 saturated carbocycles. The van der Waals surface area contributed by atoms with Gasteiger partial charge < -0.3 is 4.74 Å². The van der Waals surface area contributed by atoms with Crippen molar-refractivity contribution in [3.63, 3.8) is 0 Å². The Kier molecular flexibility index (Phi) is 2.46. The minimum absolute atomic E-state index is 0.255. The summed E-state index contributed by atoms with van der Waals surface area (Å²) in [4.78, 5) is 12.3. The molecule has 0 aromatic heterocycles. The van der Waals surface area contributed by atoms with Gasteiger partial charge in [0.25, 0.3) is 0 Å². The molecule has 2 nitrogen and oxygen atoms in total. The standard InChI is InChI=1S/C13H13IO2/c14-11-8-16-10-5-2-1-4-9(10)13(11)7-3-6-12(13)15/h1-2,4-5,11H,3,6-8H2/t11-,13+/m0/s1. The van der Waals surface area contributed by atoms with Crippen molar-refractivity contribution < 1.29 is 9.53 Å². The van der Waals surface area contributed by atoms with Crippen molar-refractivity contribution in [2.45, 2.75) is 28.6 Å². The third kappa shape index (κ3) is 1.27. The fourth-order valence-corrected chi connectivity index (χ4v) is 4.12. The number of alkyl halides is 1. The number of hydrogen-bond acceptors (Lipinski definition) is 2. The lowest BCUT2D eigenvalue weighted by Gasteiger charge is -2.38. The van der Waals surface area contributed by atoms with Gasteiger partial charge in [-0.15, -0.1) is 0 Å². The fraction of sp³-hybridized carbons (Fsp3) is 0.462. The van der Waals surface area contributed by atoms with Crippen LogP contribution in [-0.2, 0) is 10.2 Å². The summed E-state index contributed by atoms with van der Waals surface area (Å²) in [7, 11) is 0. The first-order valence-corrected chi connectivity index (χ1v) is 6.89. The average molecular weight is 328 g/mol. The normalized spacial score (nSPS) is 32.6. The van der Waals surface area contributed by atoms with Crippen molar-refractivity contribution in [1.82, 2.24) is 0 Å². The van der Waals surface area contributed by atoms with Crippen LogP contribution in [0.3, 0.4) is 0 Å². The molecule has 1 aliphatic carbocycles. The molecular weight excluding hydrogens is 315 g/mol. The molecule has 84 valence electrons. The molecule has 1 heterocycles. The van der Waals surface area contributed by atoms with Crippen molar-refractivity contribution >= 4 is 28.4 Å². The van der Waals surface area contributed by atoms with Crippen molar-refractivity contribution in [2.75, 3.05) is 6.61 Å². The van der Waals surface area contributed by atoms with E-state index in [1.54, 1.807) is 0 Å². The Morgan fingerprint density at radius 1 is 1.38 bits per heavy atom. The summed E-state index contributed by atoms with van der Waals surface area (Å²) in [6, 6.07) is 8.01. The maximum atomic E-state index is 12.3. The Morgan fingerprint density at radius 2 is 2.19 bits per heavy atom. The highest BCUT2D eigenvalue weighted by Crippen LogP contribution is 2.49. The van der Waals surface area contributed by atoms with Gasteiger partial charge >= 0.3 is 0 Å². The topological polar surface area (TPSA) is 26.3 Å². The van der Waals surface area contributed by atoms with Gasteiger partial charge in [-0.3, -0.25) is 4.79 Å². The molecule has 1 fully saturated rings. The van der Waals surface area contributed by atoms with Crippen LogP contribution < -0.4 is 4.74 Å². The summed E-state index contributed by atoms with van der Waals surface area (Å²) in [6.07, 6.45) is 2.74. The number of carbonyl (C=O) groups is 1. The summed E-state index contributed by atoms with van der Waals surface area (Å²) in [5, 5.41) is 0. The maximum Gasteiger partial charge on any atom is 0.144 e. The van der Waals surface area contributed by atoms with E-state index in [2.05, 4.69) is 28.7 Å². The van der Waals surface area contributed by atoms with E-state index in [0.717, 1.165) is 30.6 Å². The molecule has 0 unspecified atom stereocenters. The molecule has 0 bridgehead atoms. The lowest BCUT2D eigenvalue weighted by molar-refractivity contribution is -0.122. The van der Waals surface area contributed by atoms with Gasteiger partial charge in [-0.2, -0.15) is 0 Å². The van der Waals surface area contributed by atoms with Crippen LogP contribution in [0.5, 0.6) is 5.75 Å². The zero-order valence-corrected chi connectivity index (χ0v) is 11.1. The molecule has 1 aromatic rings. The Bertz CT molecular complexity index is 443. The van der Waals surface area contributed by atoms with Gasteiger partial charge in [-0.1, -0.05) is 40.8 Å². The molecule has 3 rings (SSSR count). The summed E-state index contributed by atoms with van der Waals surface area (Å²) >= 11 is 2.38. The molecule has 1 spiro atoms. The van der Waals surface area contributed by atoms with E-state index in [4.69, 9.17) is 4.74 Å². The molecule has 1 aliphatic heterocycles. The zero-order chi connectivity index (χ0) is 11.2. The Labute approximate surface area is 109 Å². The van der Waals surface area contributed by atoms with Crippen LogP contribution in [0.15, 0.2) is 24.3 Å². The number of halogens is 1. The molecule has 0 saturated heterocycles. The summed E-state index contributed by atoms with van der Waals surface area (Å²) < 4.78 is 5.98. The van der Waals surface area contributed by atoms with Gasteiger partial charge in [0.1, 0.15) is 18.1 Å². The minimum Gasteiger partial charge on any atom is -0.492 e. The molecule has 16 heavy (non-hydrogen) atoms. The van der Waals surface area contributed by atoms with E-state index >= 15 is 0 Å². The van der Waals surface area contributed by atoms with E-state index in [0.29, 0.717) is 12.4 Å². The zero-order valence-electron chi connectivity index (χ0n) is 8.91. The molecule has 2 atom stereocenters. The summed E-state index contributed by atoms with van der Waals surface area (Å²) in [6.45, 7) is 0.656. The van der Waals surface area contributed by atoms with E-state index in [9.17, 15) is 4.79 Å². The van der Waals surface area contributed by atoms with E-state index in [1.807, 2.05) is 18.2 Å². The minimum atomic E-state index is -0.255. The first-order valence-electron chi connectivity index (χ1n) is 5.65. The molecule has 2 aliphatic rings. The van der Waals surface area contributed by atoms with Gasteiger partial charge in [0, 0.05) is 12.0 Å². The van der Waals surface area contributed by atoms with Crippen LogP contribution in [0.25, 0.3) is 0 Å². The van der Waals surface area contributed by atoms with Crippen LogP contribution in [0.1, 0.15) is 24.8 Å². The van der Waals surface area contributed by atoms with Crippen molar-refractivity contribution in [3.8, 4) is 5.75 Å². The average Bonchev–Trinajstić information content (AvgIpc) is 2.68. The second-order valence-corrected chi connectivity index (χ2v) is 6.03. The van der Waals surface area contributed by atoms with Crippen LogP contribution in [0, 0.1) is 0 Å². The van der Waals surface area contributed by atoms with Crippen LogP contribution >= 0.6 is 22.6 Å². The Balaban J connectivity index is 2.20. The number of Topliss-reactive ketones (excluding diaryl/α,β-unsaturated/α-hetero) is 1. The van der Waals surface area contributed by atoms with Gasteiger partial charge in [0.05, 0.1) is 9.34 Å². The first kappa shape index (κ1) is 10.6. The van der Waals surface area contributed by atoms with Crippen LogP contribution in [-0.4, -0.2) is 16.3 Å². The number of ketones is 1. The third-order valence-electron chi connectivity index (χ3n) is 3.76. The molecule has 0 N–H and O–H groups in total. The second-order valence-electron chi connectivity index (χ2n) is 4.52. The summed E-state index contributed by atoms with van der Waals surface area (Å²) in [5.74, 6) is 1.31. The monoisotopic (exact) mass is 328 g/mol. The summed E-state index contributed by atoms with van der Waals surface area (Å²) in [5.41, 5.74) is 0.859. The SMILES string of the molecule is O=C1CCC[C@]12c1ccccc1OC[C@@H]2I. The van der Waals surface area contributed by atoms with E-state index in [-0.39, 0.29) is 9.34 Å². The fourth-order valence-electron chi connectivity index (χ4n) is 2.94. The number of para-hydroxylation sites is 1. The van der Waals surface area contributed by atoms with E-state index < -0.39 is 0 Å². The molecule has 0 amide bonds. The molecular formula is C13H13IO2. The molecule has 3 heteroatoms. The predicted molar refractivity (Wildman–Crippen MR) is 70.3 cm³/mol. The van der Waals surface area contributed by atoms with Crippen molar-refractivity contribution in [1.29, 1.82) is 0 Å². The number of ether oxygens (including phenoxy) is 1. The highest BCUT2D eigenvalue weighted by molar-refractivity contribution is 14.1. The maximum absolute atomic E-state index is 12.3. The number of benzene rings is 1. The molecule has 0 radical (unpaired) electrons. The van der Waals surface area contributed by atoms with Crippen LogP contribution in [0.2, 0.25) is 0 Å². The Morgan fingerprint density at radius 3 is 2.94 bits per heavy atom. The highest BCUT2D eigenvalue weighted by Gasteiger charge is 2.52. The highest BCUT2D eigenvalue weighted by atomic mass is 127. The van der Waals surface area contributed by atoms with Gasteiger partial charge in [0.15, 0.2) is 0 Å². The lowest BCUT2D eigenvalue weighted by atomic mass is 9.74. The smallest absolute Gasteiger partial charge is 0.144 e. The number of carbonyl (C=O) groups excluding carboxylic acids is 1.